The molecule has 0 bridgehead atoms. The molecule has 0 radical (unpaired) electrons. The predicted molar refractivity (Wildman–Crippen MR) is 57.6 cm³/mol. The van der Waals surface area contributed by atoms with E-state index in [2.05, 4.69) is 4.72 Å². The van der Waals surface area contributed by atoms with Gasteiger partial charge in [0.05, 0.1) is 16.9 Å². The number of nitrogens with one attached hydrogen (secondary N) is 1. The summed E-state index contributed by atoms with van der Waals surface area (Å²) in [6.07, 6.45) is 0. The van der Waals surface area contributed by atoms with E-state index >= 15 is 0 Å². The summed E-state index contributed by atoms with van der Waals surface area (Å²) in [6.45, 7) is 1.59. The molecule has 1 atom stereocenters. The number of benzene rings is 1. The highest BCUT2D eigenvalue weighted by Crippen LogP contribution is 2.21. The van der Waals surface area contributed by atoms with Crippen LogP contribution in [0.2, 0.25) is 0 Å². The zero-order chi connectivity index (χ0) is 11.5. The molecule has 0 saturated carbocycles. The number of hydrogen-bond donors (Lipinski definition) is 1. The SMILES string of the molecule is CNS(=O)(=O)C(C)c1cccc(C#N)c1. The molecule has 0 aromatic heterocycles. The molecule has 0 aliphatic heterocycles. The first kappa shape index (κ1) is 11.7. The Balaban J connectivity index is 3.13. The van der Waals surface area contributed by atoms with Gasteiger partial charge in [-0.3, -0.25) is 0 Å². The van der Waals surface area contributed by atoms with Crippen LogP contribution in [0.15, 0.2) is 24.3 Å². The molecule has 15 heavy (non-hydrogen) atoms. The molecular weight excluding hydrogens is 212 g/mol. The third kappa shape index (κ3) is 2.55. The van der Waals surface area contributed by atoms with Gasteiger partial charge in [-0.25, -0.2) is 13.1 Å². The standard InChI is InChI=1S/C10H12N2O2S/c1-8(15(13,14)12-2)10-5-3-4-9(6-10)7-11/h3-6,8,12H,1-2H3. The van der Waals surface area contributed by atoms with Crippen molar-refractivity contribution in [3.05, 3.63) is 35.4 Å². The summed E-state index contributed by atoms with van der Waals surface area (Å²) in [5.41, 5.74) is 1.08. The largest absolute Gasteiger partial charge is 0.218 e. The highest BCUT2D eigenvalue weighted by molar-refractivity contribution is 7.89. The minimum Gasteiger partial charge on any atom is -0.218 e. The summed E-state index contributed by atoms with van der Waals surface area (Å²) in [5, 5.41) is 8.03. The van der Waals surface area contributed by atoms with Crippen LogP contribution in [-0.2, 0) is 10.0 Å². The predicted octanol–water partition coefficient (Wildman–Crippen LogP) is 1.17. The topological polar surface area (TPSA) is 70.0 Å². The Kier molecular flexibility index (Phi) is 3.45. The Labute approximate surface area is 89.6 Å². The second-order valence-corrected chi connectivity index (χ2v) is 5.33. The maximum Gasteiger partial charge on any atom is 0.218 e. The Bertz CT molecular complexity index is 488. The van der Waals surface area contributed by atoms with Crippen molar-refractivity contribution in [2.75, 3.05) is 7.05 Å². The lowest BCUT2D eigenvalue weighted by Gasteiger charge is -2.11. The minimum absolute atomic E-state index is 0.464. The van der Waals surface area contributed by atoms with E-state index in [1.165, 1.54) is 7.05 Å². The average Bonchev–Trinajstić information content (AvgIpc) is 2.28. The number of nitriles is 1. The zero-order valence-corrected chi connectivity index (χ0v) is 9.38. The Hall–Kier alpha value is -1.38. The highest BCUT2D eigenvalue weighted by atomic mass is 32.2. The molecule has 0 heterocycles. The van der Waals surface area contributed by atoms with Crippen molar-refractivity contribution in [3.8, 4) is 6.07 Å². The minimum atomic E-state index is -3.34. The number of rotatable bonds is 3. The van der Waals surface area contributed by atoms with Gasteiger partial charge in [-0.1, -0.05) is 12.1 Å². The van der Waals surface area contributed by atoms with Crippen molar-refractivity contribution in [2.45, 2.75) is 12.2 Å². The van der Waals surface area contributed by atoms with E-state index in [4.69, 9.17) is 5.26 Å². The molecule has 1 unspecified atom stereocenters. The quantitative estimate of drug-likeness (QED) is 0.837. The van der Waals surface area contributed by atoms with Crippen LogP contribution in [0.25, 0.3) is 0 Å². The lowest BCUT2D eigenvalue weighted by molar-refractivity contribution is 0.578. The van der Waals surface area contributed by atoms with Crippen LogP contribution in [0.1, 0.15) is 23.3 Å². The molecule has 0 spiro atoms. The Morgan fingerprint density at radius 3 is 2.67 bits per heavy atom. The van der Waals surface area contributed by atoms with Crippen LogP contribution in [0, 0.1) is 11.3 Å². The number of sulfonamides is 1. The third-order valence-corrected chi connectivity index (χ3v) is 4.01. The normalized spacial score (nSPS) is 13.1. The summed E-state index contributed by atoms with van der Waals surface area (Å²) < 4.78 is 25.3. The second kappa shape index (κ2) is 4.43. The molecule has 0 aliphatic rings. The highest BCUT2D eigenvalue weighted by Gasteiger charge is 2.20. The van der Waals surface area contributed by atoms with Gasteiger partial charge < -0.3 is 0 Å². The fourth-order valence-electron chi connectivity index (χ4n) is 1.22. The van der Waals surface area contributed by atoms with Crippen molar-refractivity contribution in [1.29, 1.82) is 5.26 Å². The van der Waals surface area contributed by atoms with E-state index in [1.807, 2.05) is 6.07 Å². The van der Waals surface area contributed by atoms with Gasteiger partial charge in [-0.2, -0.15) is 5.26 Å². The van der Waals surface area contributed by atoms with Crippen LogP contribution >= 0.6 is 0 Å². The van der Waals surface area contributed by atoms with E-state index in [0.29, 0.717) is 11.1 Å². The summed E-state index contributed by atoms with van der Waals surface area (Å²) >= 11 is 0. The molecule has 1 aromatic carbocycles. The summed E-state index contributed by atoms with van der Waals surface area (Å²) in [7, 11) is -1.96. The van der Waals surface area contributed by atoms with Crippen LogP contribution in [0.5, 0.6) is 0 Å². The Morgan fingerprint density at radius 1 is 1.47 bits per heavy atom. The monoisotopic (exact) mass is 224 g/mol. The maximum absolute atomic E-state index is 11.5. The van der Waals surface area contributed by atoms with Gasteiger partial charge in [0, 0.05) is 0 Å². The Morgan fingerprint density at radius 2 is 2.13 bits per heavy atom. The molecule has 1 N–H and O–H groups in total. The van der Waals surface area contributed by atoms with Gasteiger partial charge in [0.1, 0.15) is 0 Å². The molecule has 0 fully saturated rings. The van der Waals surface area contributed by atoms with Gasteiger partial charge in [-0.05, 0) is 31.7 Å². The average molecular weight is 224 g/mol. The lowest BCUT2D eigenvalue weighted by atomic mass is 10.1. The molecule has 4 nitrogen and oxygen atoms in total. The van der Waals surface area contributed by atoms with Gasteiger partial charge in [0.15, 0.2) is 0 Å². The van der Waals surface area contributed by atoms with Crippen molar-refractivity contribution in [2.24, 2.45) is 0 Å². The fourth-order valence-corrected chi connectivity index (χ4v) is 2.08. The van der Waals surface area contributed by atoms with E-state index in [-0.39, 0.29) is 0 Å². The second-order valence-electron chi connectivity index (χ2n) is 3.13. The lowest BCUT2D eigenvalue weighted by Crippen LogP contribution is -2.24. The van der Waals surface area contributed by atoms with Crippen LogP contribution in [0.4, 0.5) is 0 Å². The third-order valence-electron chi connectivity index (χ3n) is 2.24. The van der Waals surface area contributed by atoms with E-state index in [9.17, 15) is 8.42 Å². The molecule has 5 heteroatoms. The van der Waals surface area contributed by atoms with Crippen molar-refractivity contribution in [3.63, 3.8) is 0 Å². The van der Waals surface area contributed by atoms with Crippen molar-refractivity contribution < 1.29 is 8.42 Å². The van der Waals surface area contributed by atoms with Gasteiger partial charge in [0.25, 0.3) is 0 Å². The first-order chi connectivity index (χ1) is 7.01. The molecule has 0 saturated heterocycles. The van der Waals surface area contributed by atoms with Crippen LogP contribution in [0.3, 0.4) is 0 Å². The van der Waals surface area contributed by atoms with E-state index in [0.717, 1.165) is 0 Å². The summed E-state index contributed by atoms with van der Waals surface area (Å²) in [6, 6.07) is 8.57. The van der Waals surface area contributed by atoms with Gasteiger partial charge in [-0.15, -0.1) is 0 Å². The van der Waals surface area contributed by atoms with Gasteiger partial charge in [0.2, 0.25) is 10.0 Å². The molecule has 0 amide bonds. The molecule has 80 valence electrons. The summed E-state index contributed by atoms with van der Waals surface area (Å²) in [4.78, 5) is 0. The van der Waals surface area contributed by atoms with Crippen molar-refractivity contribution >= 4 is 10.0 Å². The zero-order valence-electron chi connectivity index (χ0n) is 8.56. The number of nitrogens with zero attached hydrogens (tertiary/aromatic N) is 1. The maximum atomic E-state index is 11.5. The molecule has 1 rings (SSSR count). The molecular formula is C10H12N2O2S. The van der Waals surface area contributed by atoms with E-state index < -0.39 is 15.3 Å². The first-order valence-corrected chi connectivity index (χ1v) is 5.98. The first-order valence-electron chi connectivity index (χ1n) is 4.43. The smallest absolute Gasteiger partial charge is 0.218 e. The fraction of sp³-hybridized carbons (Fsp3) is 0.300. The van der Waals surface area contributed by atoms with Crippen molar-refractivity contribution in [1.82, 2.24) is 4.72 Å². The van der Waals surface area contributed by atoms with Crippen LogP contribution in [-0.4, -0.2) is 15.5 Å². The van der Waals surface area contributed by atoms with Gasteiger partial charge >= 0.3 is 0 Å². The number of hydrogen-bond acceptors (Lipinski definition) is 3. The summed E-state index contributed by atoms with van der Waals surface area (Å²) in [5.74, 6) is 0. The molecule has 0 aliphatic carbocycles. The van der Waals surface area contributed by atoms with E-state index in [1.54, 1.807) is 31.2 Å². The van der Waals surface area contributed by atoms with Crippen LogP contribution < -0.4 is 4.72 Å². The molecule has 1 aromatic rings.